The number of hydrogen-bond acceptors (Lipinski definition) is 3. The fraction of sp³-hybridized carbons (Fsp3) is 0.526. The molecule has 0 spiro atoms. The number of nitrogens with two attached hydrogens (primary N) is 1. The van der Waals surface area contributed by atoms with Crippen LogP contribution >= 0.6 is 11.3 Å². The van der Waals surface area contributed by atoms with Crippen LogP contribution in [0.5, 0.6) is 0 Å². The van der Waals surface area contributed by atoms with E-state index in [0.29, 0.717) is 0 Å². The molecular formula is C19H26N2S. The van der Waals surface area contributed by atoms with Crippen LogP contribution in [0, 0.1) is 0 Å². The van der Waals surface area contributed by atoms with Gasteiger partial charge < -0.3 is 5.73 Å². The molecule has 1 unspecified atom stereocenters. The van der Waals surface area contributed by atoms with Crippen molar-refractivity contribution < 1.29 is 0 Å². The Morgan fingerprint density at radius 3 is 2.45 bits per heavy atom. The molecule has 1 aliphatic carbocycles. The molecule has 2 N–H and O–H groups in total. The molecule has 22 heavy (non-hydrogen) atoms. The van der Waals surface area contributed by atoms with E-state index in [1.807, 2.05) is 11.3 Å². The highest BCUT2D eigenvalue weighted by atomic mass is 32.1. The first kappa shape index (κ1) is 15.7. The molecule has 0 radical (unpaired) electrons. The van der Waals surface area contributed by atoms with Crippen molar-refractivity contribution in [2.45, 2.75) is 64.3 Å². The van der Waals surface area contributed by atoms with Crippen LogP contribution in [0.4, 0.5) is 0 Å². The highest BCUT2D eigenvalue weighted by molar-refractivity contribution is 7.11. The SMILES string of the molecule is CC(C)(C)c1ccc(C(N)Cc2nc3c(s2)CCCC3)cc1. The average molecular weight is 314 g/mol. The number of fused-ring (bicyclic) bond motifs is 1. The molecule has 1 aromatic carbocycles. The Hall–Kier alpha value is -1.19. The minimum Gasteiger partial charge on any atom is -0.324 e. The van der Waals surface area contributed by atoms with Crippen LogP contribution in [0.15, 0.2) is 24.3 Å². The topological polar surface area (TPSA) is 38.9 Å². The Labute approximate surface area is 137 Å². The molecule has 3 heteroatoms. The van der Waals surface area contributed by atoms with Crippen molar-refractivity contribution in [2.24, 2.45) is 5.73 Å². The fourth-order valence-electron chi connectivity index (χ4n) is 3.03. The van der Waals surface area contributed by atoms with Crippen LogP contribution in [-0.4, -0.2) is 4.98 Å². The first-order chi connectivity index (χ1) is 10.4. The van der Waals surface area contributed by atoms with Crippen molar-refractivity contribution >= 4 is 11.3 Å². The number of hydrogen-bond donors (Lipinski definition) is 1. The second kappa shape index (κ2) is 6.13. The molecule has 0 amide bonds. The summed E-state index contributed by atoms with van der Waals surface area (Å²) in [5, 5.41) is 1.21. The zero-order valence-corrected chi connectivity index (χ0v) is 14.7. The van der Waals surface area contributed by atoms with E-state index in [2.05, 4.69) is 45.0 Å². The van der Waals surface area contributed by atoms with Gasteiger partial charge in [-0.05, 0) is 42.2 Å². The summed E-state index contributed by atoms with van der Waals surface area (Å²) in [7, 11) is 0. The van der Waals surface area contributed by atoms with E-state index in [0.717, 1.165) is 12.8 Å². The first-order valence-corrected chi connectivity index (χ1v) is 9.08. The van der Waals surface area contributed by atoms with Gasteiger partial charge in [-0.1, -0.05) is 45.0 Å². The van der Waals surface area contributed by atoms with Crippen molar-refractivity contribution in [1.29, 1.82) is 0 Å². The zero-order valence-electron chi connectivity index (χ0n) is 13.9. The molecule has 2 aromatic rings. The summed E-state index contributed by atoms with van der Waals surface area (Å²) >= 11 is 1.87. The summed E-state index contributed by atoms with van der Waals surface area (Å²) < 4.78 is 0. The van der Waals surface area contributed by atoms with Gasteiger partial charge in [0.1, 0.15) is 0 Å². The lowest BCUT2D eigenvalue weighted by Crippen LogP contribution is -2.15. The molecule has 1 aliphatic rings. The van der Waals surface area contributed by atoms with Gasteiger partial charge in [-0.15, -0.1) is 11.3 Å². The zero-order chi connectivity index (χ0) is 15.7. The summed E-state index contributed by atoms with van der Waals surface area (Å²) in [5.74, 6) is 0. The maximum absolute atomic E-state index is 6.41. The maximum atomic E-state index is 6.41. The predicted octanol–water partition coefficient (Wildman–Crippen LogP) is 4.56. The highest BCUT2D eigenvalue weighted by Crippen LogP contribution is 2.29. The van der Waals surface area contributed by atoms with Crippen LogP contribution in [0.2, 0.25) is 0 Å². The quantitative estimate of drug-likeness (QED) is 0.902. The Morgan fingerprint density at radius 2 is 1.82 bits per heavy atom. The lowest BCUT2D eigenvalue weighted by atomic mass is 9.86. The highest BCUT2D eigenvalue weighted by Gasteiger charge is 2.18. The number of benzene rings is 1. The summed E-state index contributed by atoms with van der Waals surface area (Å²) in [5.41, 5.74) is 10.5. The molecular weight excluding hydrogens is 288 g/mol. The number of nitrogens with zero attached hydrogens (tertiary/aromatic N) is 1. The molecule has 0 bridgehead atoms. The van der Waals surface area contributed by atoms with E-state index in [9.17, 15) is 0 Å². The van der Waals surface area contributed by atoms with Crippen LogP contribution in [0.3, 0.4) is 0 Å². The summed E-state index contributed by atoms with van der Waals surface area (Å²) in [6.07, 6.45) is 5.82. The van der Waals surface area contributed by atoms with Gasteiger partial charge in [0.15, 0.2) is 0 Å². The summed E-state index contributed by atoms with van der Waals surface area (Å²) in [4.78, 5) is 6.31. The normalized spacial score (nSPS) is 16.4. The van der Waals surface area contributed by atoms with Gasteiger partial charge in [-0.25, -0.2) is 4.98 Å². The molecule has 118 valence electrons. The lowest BCUT2D eigenvalue weighted by molar-refractivity contribution is 0.589. The van der Waals surface area contributed by atoms with E-state index in [1.54, 1.807) is 0 Å². The number of rotatable bonds is 3. The molecule has 1 aromatic heterocycles. The summed E-state index contributed by atoms with van der Waals surface area (Å²) in [6.45, 7) is 6.71. The molecule has 0 fully saturated rings. The van der Waals surface area contributed by atoms with Crippen molar-refractivity contribution in [3.05, 3.63) is 51.0 Å². The van der Waals surface area contributed by atoms with Crippen LogP contribution in [-0.2, 0) is 24.7 Å². The second-order valence-corrected chi connectivity index (χ2v) is 8.54. The van der Waals surface area contributed by atoms with Crippen molar-refractivity contribution in [3.8, 4) is 0 Å². The van der Waals surface area contributed by atoms with Gasteiger partial charge in [0.2, 0.25) is 0 Å². The van der Waals surface area contributed by atoms with Crippen LogP contribution in [0.25, 0.3) is 0 Å². The van der Waals surface area contributed by atoms with Crippen molar-refractivity contribution in [1.82, 2.24) is 4.98 Å². The summed E-state index contributed by atoms with van der Waals surface area (Å²) in [6, 6.07) is 8.82. The standard InChI is InChI=1S/C19H26N2S/c1-19(2,3)14-10-8-13(9-11-14)15(20)12-18-21-16-6-4-5-7-17(16)22-18/h8-11,15H,4-7,12,20H2,1-3H3. The molecule has 0 saturated heterocycles. The number of thiazole rings is 1. The van der Waals surface area contributed by atoms with Gasteiger partial charge in [-0.2, -0.15) is 0 Å². The Kier molecular flexibility index (Phi) is 4.37. The number of aryl methyl sites for hydroxylation is 2. The van der Waals surface area contributed by atoms with E-state index in [1.165, 1.54) is 46.0 Å². The molecule has 0 aliphatic heterocycles. The smallest absolute Gasteiger partial charge is 0.0950 e. The Bertz CT molecular complexity index is 611. The third-order valence-electron chi connectivity index (χ3n) is 4.49. The van der Waals surface area contributed by atoms with Crippen LogP contribution in [0.1, 0.15) is 66.4 Å². The predicted molar refractivity (Wildman–Crippen MR) is 94.5 cm³/mol. The van der Waals surface area contributed by atoms with Gasteiger partial charge in [0.05, 0.1) is 10.7 Å². The van der Waals surface area contributed by atoms with Gasteiger partial charge >= 0.3 is 0 Å². The second-order valence-electron chi connectivity index (χ2n) is 7.37. The van der Waals surface area contributed by atoms with Gasteiger partial charge in [0, 0.05) is 17.3 Å². The van der Waals surface area contributed by atoms with Crippen molar-refractivity contribution in [3.63, 3.8) is 0 Å². The molecule has 2 nitrogen and oxygen atoms in total. The Balaban J connectivity index is 1.71. The van der Waals surface area contributed by atoms with E-state index >= 15 is 0 Å². The van der Waals surface area contributed by atoms with E-state index in [-0.39, 0.29) is 11.5 Å². The largest absolute Gasteiger partial charge is 0.324 e. The molecule has 3 rings (SSSR count). The van der Waals surface area contributed by atoms with Gasteiger partial charge in [-0.3, -0.25) is 0 Å². The minimum absolute atomic E-state index is 0.0432. The van der Waals surface area contributed by atoms with Gasteiger partial charge in [0.25, 0.3) is 0 Å². The number of aromatic nitrogens is 1. The fourth-order valence-corrected chi connectivity index (χ4v) is 4.24. The first-order valence-electron chi connectivity index (χ1n) is 8.27. The molecule has 0 saturated carbocycles. The van der Waals surface area contributed by atoms with Crippen molar-refractivity contribution in [2.75, 3.05) is 0 Å². The van der Waals surface area contributed by atoms with Crippen LogP contribution < -0.4 is 5.73 Å². The minimum atomic E-state index is 0.0432. The average Bonchev–Trinajstić information content (AvgIpc) is 2.88. The monoisotopic (exact) mass is 314 g/mol. The molecule has 1 heterocycles. The van der Waals surface area contributed by atoms with E-state index < -0.39 is 0 Å². The maximum Gasteiger partial charge on any atom is 0.0950 e. The Morgan fingerprint density at radius 1 is 1.14 bits per heavy atom. The third-order valence-corrected chi connectivity index (χ3v) is 5.67. The third kappa shape index (κ3) is 3.41. The lowest BCUT2D eigenvalue weighted by Gasteiger charge is -2.20. The molecule has 1 atom stereocenters. The van der Waals surface area contributed by atoms with E-state index in [4.69, 9.17) is 10.7 Å².